The summed E-state index contributed by atoms with van der Waals surface area (Å²) in [7, 11) is 0. The fraction of sp³-hybridized carbons (Fsp3) is 0.955. The molecule has 0 aromatic heterocycles. The van der Waals surface area contributed by atoms with Gasteiger partial charge in [0.2, 0.25) is 0 Å². The SMILES string of the molecule is CCCCCCCCCCCCCCCCCCCCCCCCCCCCCCCC(=O)OCC(COC(=O)CCCCCCCC)OC(=O)CCCCCCCCCCCCCCCCCCCCC. The summed E-state index contributed by atoms with van der Waals surface area (Å²) in [5, 5.41) is 0. The van der Waals surface area contributed by atoms with Crippen LogP contribution in [0.5, 0.6) is 0 Å². The molecule has 0 N–H and O–H groups in total. The van der Waals surface area contributed by atoms with Gasteiger partial charge in [0.15, 0.2) is 6.10 Å². The summed E-state index contributed by atoms with van der Waals surface area (Å²) >= 11 is 0. The Labute approximate surface area is 450 Å². The highest BCUT2D eigenvalue weighted by molar-refractivity contribution is 5.71. The van der Waals surface area contributed by atoms with E-state index < -0.39 is 6.10 Å². The fourth-order valence-corrected chi connectivity index (χ4v) is 10.4. The first kappa shape index (κ1) is 70.4. The van der Waals surface area contributed by atoms with Crippen molar-refractivity contribution in [3.05, 3.63) is 0 Å². The number of ether oxygens (including phenoxy) is 3. The van der Waals surface area contributed by atoms with Gasteiger partial charge in [-0.2, -0.15) is 0 Å². The van der Waals surface area contributed by atoms with Crippen molar-refractivity contribution in [2.24, 2.45) is 0 Å². The van der Waals surface area contributed by atoms with Crippen LogP contribution in [0.15, 0.2) is 0 Å². The predicted octanol–water partition coefficient (Wildman–Crippen LogP) is 22.3. The second-order valence-corrected chi connectivity index (χ2v) is 22.8. The zero-order valence-electron chi connectivity index (χ0n) is 49.2. The lowest BCUT2D eigenvalue weighted by atomic mass is 10.0. The quantitative estimate of drug-likeness (QED) is 0.0343. The fourth-order valence-electron chi connectivity index (χ4n) is 10.4. The molecule has 0 rings (SSSR count). The Kier molecular flexibility index (Phi) is 60.6. The molecule has 6 heteroatoms. The predicted molar refractivity (Wildman–Crippen MR) is 312 cm³/mol. The van der Waals surface area contributed by atoms with Gasteiger partial charge in [-0.25, -0.2) is 0 Å². The van der Waals surface area contributed by atoms with Gasteiger partial charge in [-0.1, -0.05) is 348 Å². The molecule has 72 heavy (non-hydrogen) atoms. The van der Waals surface area contributed by atoms with Crippen molar-refractivity contribution < 1.29 is 28.6 Å². The van der Waals surface area contributed by atoms with E-state index in [1.165, 1.54) is 289 Å². The molecule has 0 aromatic carbocycles. The van der Waals surface area contributed by atoms with E-state index in [0.29, 0.717) is 19.3 Å². The van der Waals surface area contributed by atoms with E-state index in [0.717, 1.165) is 57.8 Å². The maximum Gasteiger partial charge on any atom is 0.306 e. The second kappa shape index (κ2) is 62.0. The summed E-state index contributed by atoms with van der Waals surface area (Å²) in [5.41, 5.74) is 0. The highest BCUT2D eigenvalue weighted by atomic mass is 16.6. The van der Waals surface area contributed by atoms with Crippen LogP contribution in [0.2, 0.25) is 0 Å². The smallest absolute Gasteiger partial charge is 0.306 e. The van der Waals surface area contributed by atoms with Gasteiger partial charge in [-0.3, -0.25) is 14.4 Å². The van der Waals surface area contributed by atoms with Crippen molar-refractivity contribution in [2.45, 2.75) is 393 Å². The molecule has 0 radical (unpaired) electrons. The van der Waals surface area contributed by atoms with Crippen molar-refractivity contribution in [1.82, 2.24) is 0 Å². The third-order valence-corrected chi connectivity index (χ3v) is 15.4. The molecule has 0 heterocycles. The number of hydrogen-bond acceptors (Lipinski definition) is 6. The molecule has 0 aliphatic rings. The number of carbonyl (C=O) groups is 3. The minimum Gasteiger partial charge on any atom is -0.462 e. The van der Waals surface area contributed by atoms with Gasteiger partial charge in [0, 0.05) is 19.3 Å². The monoisotopic (exact) mass is 1020 g/mol. The molecule has 0 aliphatic heterocycles. The summed E-state index contributed by atoms with van der Waals surface area (Å²) in [5.74, 6) is -0.841. The van der Waals surface area contributed by atoms with Gasteiger partial charge >= 0.3 is 17.9 Å². The normalized spacial score (nSPS) is 11.9. The van der Waals surface area contributed by atoms with Crippen molar-refractivity contribution in [3.63, 3.8) is 0 Å². The van der Waals surface area contributed by atoms with Gasteiger partial charge in [0.05, 0.1) is 0 Å². The lowest BCUT2D eigenvalue weighted by Gasteiger charge is -2.18. The molecule has 0 aromatic rings. The Morgan fingerprint density at radius 3 is 0.556 bits per heavy atom. The van der Waals surface area contributed by atoms with Gasteiger partial charge < -0.3 is 14.2 Å². The van der Waals surface area contributed by atoms with Crippen molar-refractivity contribution in [3.8, 4) is 0 Å². The van der Waals surface area contributed by atoms with E-state index in [1.54, 1.807) is 0 Å². The molecule has 0 fully saturated rings. The molecular weight excluding hydrogens is 889 g/mol. The largest absolute Gasteiger partial charge is 0.462 e. The van der Waals surface area contributed by atoms with Crippen LogP contribution in [0, 0.1) is 0 Å². The van der Waals surface area contributed by atoms with Crippen molar-refractivity contribution in [2.75, 3.05) is 13.2 Å². The third kappa shape index (κ3) is 59.3. The van der Waals surface area contributed by atoms with Crippen LogP contribution in [0.3, 0.4) is 0 Å². The van der Waals surface area contributed by atoms with Crippen LogP contribution >= 0.6 is 0 Å². The Hall–Kier alpha value is -1.59. The average molecular weight is 1020 g/mol. The van der Waals surface area contributed by atoms with E-state index in [2.05, 4.69) is 20.8 Å². The van der Waals surface area contributed by atoms with E-state index in [1.807, 2.05) is 0 Å². The van der Waals surface area contributed by atoms with Gasteiger partial charge in [0.25, 0.3) is 0 Å². The first-order valence-electron chi connectivity index (χ1n) is 33.0. The topological polar surface area (TPSA) is 78.9 Å². The highest BCUT2D eigenvalue weighted by Crippen LogP contribution is 2.19. The molecular formula is C66H128O6. The summed E-state index contributed by atoms with van der Waals surface area (Å²) in [6, 6.07) is 0. The zero-order chi connectivity index (χ0) is 52.2. The van der Waals surface area contributed by atoms with Crippen LogP contribution < -0.4 is 0 Å². The van der Waals surface area contributed by atoms with Crippen LogP contribution in [-0.2, 0) is 28.6 Å². The molecule has 6 nitrogen and oxygen atoms in total. The summed E-state index contributed by atoms with van der Waals surface area (Å²) in [6.45, 7) is 6.66. The Morgan fingerprint density at radius 2 is 0.375 bits per heavy atom. The molecule has 428 valence electrons. The molecule has 0 spiro atoms. The summed E-state index contributed by atoms with van der Waals surface area (Å²) in [4.78, 5) is 38.0. The molecule has 0 saturated carbocycles. The molecule has 1 unspecified atom stereocenters. The minimum absolute atomic E-state index is 0.0619. The number of rotatable bonds is 62. The standard InChI is InChI=1S/C66H128O6/c1-4-7-10-13-16-18-20-22-24-26-28-29-30-31-32-33-34-35-36-37-39-40-42-44-46-48-50-53-56-59-65(68)71-62-63(61-70-64(67)58-55-52-15-12-9-6-3)72-66(69)60-57-54-51-49-47-45-43-41-38-27-25-23-21-19-17-14-11-8-5-2/h63H,4-62H2,1-3H3. The van der Waals surface area contributed by atoms with Crippen LogP contribution in [0.4, 0.5) is 0 Å². The number of hydrogen-bond donors (Lipinski definition) is 0. The number of esters is 3. The lowest BCUT2D eigenvalue weighted by Crippen LogP contribution is -2.30. The minimum atomic E-state index is -0.760. The van der Waals surface area contributed by atoms with Gasteiger partial charge in [-0.15, -0.1) is 0 Å². The highest BCUT2D eigenvalue weighted by Gasteiger charge is 2.19. The van der Waals surface area contributed by atoms with E-state index >= 15 is 0 Å². The maximum atomic E-state index is 12.8. The molecule has 1 atom stereocenters. The summed E-state index contributed by atoms with van der Waals surface area (Å²) in [6.07, 6.45) is 71.7. The zero-order valence-corrected chi connectivity index (χ0v) is 49.2. The van der Waals surface area contributed by atoms with Crippen LogP contribution in [0.25, 0.3) is 0 Å². The Bertz CT molecular complexity index is 1080. The third-order valence-electron chi connectivity index (χ3n) is 15.4. The van der Waals surface area contributed by atoms with Crippen molar-refractivity contribution >= 4 is 17.9 Å². The van der Waals surface area contributed by atoms with Gasteiger partial charge in [-0.05, 0) is 19.3 Å². The number of carbonyl (C=O) groups excluding carboxylic acids is 3. The van der Waals surface area contributed by atoms with E-state index in [9.17, 15) is 14.4 Å². The average Bonchev–Trinajstić information content (AvgIpc) is 3.38. The lowest BCUT2D eigenvalue weighted by molar-refractivity contribution is -0.167. The molecule has 0 aliphatic carbocycles. The first-order chi connectivity index (χ1) is 35.5. The Morgan fingerprint density at radius 1 is 0.222 bits per heavy atom. The van der Waals surface area contributed by atoms with Gasteiger partial charge in [0.1, 0.15) is 13.2 Å². The first-order valence-corrected chi connectivity index (χ1v) is 33.0. The summed E-state index contributed by atoms with van der Waals surface area (Å²) < 4.78 is 16.8. The molecule has 0 saturated heterocycles. The second-order valence-electron chi connectivity index (χ2n) is 22.8. The molecule has 0 bridgehead atoms. The van der Waals surface area contributed by atoms with Crippen molar-refractivity contribution in [1.29, 1.82) is 0 Å². The van der Waals surface area contributed by atoms with E-state index in [-0.39, 0.29) is 31.1 Å². The Balaban J connectivity index is 3.94. The van der Waals surface area contributed by atoms with Crippen LogP contribution in [0.1, 0.15) is 387 Å². The van der Waals surface area contributed by atoms with Crippen LogP contribution in [-0.4, -0.2) is 37.2 Å². The maximum absolute atomic E-state index is 12.8. The molecule has 0 amide bonds. The number of unbranched alkanes of at least 4 members (excludes halogenated alkanes) is 51. The van der Waals surface area contributed by atoms with E-state index in [4.69, 9.17) is 14.2 Å².